The van der Waals surface area contributed by atoms with E-state index in [0.29, 0.717) is 30.6 Å². The Kier molecular flexibility index (Phi) is 5.01. The van der Waals surface area contributed by atoms with Crippen LogP contribution in [-0.4, -0.2) is 71.7 Å². The fraction of sp³-hybridized carbons (Fsp3) is 0.929. The van der Waals surface area contributed by atoms with Crippen molar-refractivity contribution in [1.82, 2.24) is 13.5 Å². The number of amides is 1. The number of likely N-dealkylation sites (tertiary alicyclic amines) is 1. The van der Waals surface area contributed by atoms with Gasteiger partial charge in [0, 0.05) is 31.9 Å². The van der Waals surface area contributed by atoms with E-state index in [1.54, 1.807) is 16.1 Å². The molecule has 0 bridgehead atoms. The first-order valence-electron chi connectivity index (χ1n) is 8.13. The summed E-state index contributed by atoms with van der Waals surface area (Å²) in [6, 6.07) is -0.509. The molecule has 3 aliphatic rings. The minimum Gasteiger partial charge on any atom is -0.341 e. The molecule has 8 heteroatoms. The predicted molar refractivity (Wildman–Crippen MR) is 87.7 cm³/mol. The lowest BCUT2D eigenvalue weighted by molar-refractivity contribution is -0.133. The molecule has 0 spiro atoms. The highest BCUT2D eigenvalue weighted by atomic mass is 32.2. The van der Waals surface area contributed by atoms with E-state index in [1.165, 1.54) is 4.31 Å². The molecule has 126 valence electrons. The van der Waals surface area contributed by atoms with Gasteiger partial charge in [-0.25, -0.2) is 0 Å². The fourth-order valence-electron chi connectivity index (χ4n) is 3.50. The number of piperidine rings is 1. The smallest absolute Gasteiger partial charge is 0.283 e. The molecule has 6 nitrogen and oxygen atoms in total. The monoisotopic (exact) mass is 347 g/mol. The normalized spacial score (nSPS) is 31.8. The van der Waals surface area contributed by atoms with Crippen LogP contribution in [0.5, 0.6) is 0 Å². The Morgan fingerprint density at radius 2 is 1.86 bits per heavy atom. The van der Waals surface area contributed by atoms with Crippen molar-refractivity contribution >= 4 is 27.9 Å². The fourth-order valence-corrected chi connectivity index (χ4v) is 6.95. The zero-order chi connectivity index (χ0) is 15.7. The Hall–Kier alpha value is -0.310. The molecule has 0 aliphatic carbocycles. The summed E-state index contributed by atoms with van der Waals surface area (Å²) >= 11 is 1.54. The summed E-state index contributed by atoms with van der Waals surface area (Å²) < 4.78 is 28.9. The van der Waals surface area contributed by atoms with Gasteiger partial charge in [-0.15, -0.1) is 11.8 Å². The lowest BCUT2D eigenvalue weighted by Crippen LogP contribution is -2.54. The van der Waals surface area contributed by atoms with Crippen LogP contribution in [0, 0.1) is 5.92 Å². The van der Waals surface area contributed by atoms with Crippen molar-refractivity contribution in [2.75, 3.05) is 37.8 Å². The molecule has 0 aromatic heterocycles. The standard InChI is InChI=1S/C14H25N3O3S2/c1-12-5-4-8-16(9-12)22(19,20)17-11-21-10-13(17)14(18)15-6-2-3-7-15/h12-13H,2-11H2,1H3. The number of carbonyl (C=O) groups excluding carboxylic acids is 1. The van der Waals surface area contributed by atoms with Gasteiger partial charge in [-0.2, -0.15) is 17.0 Å². The van der Waals surface area contributed by atoms with Gasteiger partial charge in [0.2, 0.25) is 5.91 Å². The highest BCUT2D eigenvalue weighted by molar-refractivity contribution is 8.00. The second-order valence-corrected chi connectivity index (χ2v) is 9.43. The van der Waals surface area contributed by atoms with Crippen LogP contribution in [0.1, 0.15) is 32.6 Å². The van der Waals surface area contributed by atoms with Gasteiger partial charge in [0.1, 0.15) is 6.04 Å². The van der Waals surface area contributed by atoms with Gasteiger partial charge in [0.05, 0.1) is 5.88 Å². The van der Waals surface area contributed by atoms with Gasteiger partial charge >= 0.3 is 0 Å². The summed E-state index contributed by atoms with van der Waals surface area (Å²) in [5, 5.41) is 0. The van der Waals surface area contributed by atoms with Crippen LogP contribution in [0.4, 0.5) is 0 Å². The second-order valence-electron chi connectivity index (χ2n) is 6.55. The average Bonchev–Trinajstić information content (AvgIpc) is 3.18. The van der Waals surface area contributed by atoms with Crippen LogP contribution in [0.15, 0.2) is 0 Å². The molecule has 0 saturated carbocycles. The average molecular weight is 348 g/mol. The third-order valence-electron chi connectivity index (χ3n) is 4.79. The van der Waals surface area contributed by atoms with Gasteiger partial charge in [-0.05, 0) is 31.6 Å². The van der Waals surface area contributed by atoms with Crippen LogP contribution < -0.4 is 0 Å². The minimum atomic E-state index is -3.52. The van der Waals surface area contributed by atoms with E-state index in [-0.39, 0.29) is 5.91 Å². The van der Waals surface area contributed by atoms with Crippen molar-refractivity contribution in [3.63, 3.8) is 0 Å². The zero-order valence-electron chi connectivity index (χ0n) is 13.1. The first-order valence-corrected chi connectivity index (χ1v) is 10.7. The first-order chi connectivity index (χ1) is 10.5. The van der Waals surface area contributed by atoms with Gasteiger partial charge in [0.25, 0.3) is 10.2 Å². The summed E-state index contributed by atoms with van der Waals surface area (Å²) in [4.78, 5) is 14.5. The molecule has 0 radical (unpaired) electrons. The number of nitrogens with zero attached hydrogens (tertiary/aromatic N) is 3. The van der Waals surface area contributed by atoms with Crippen molar-refractivity contribution in [3.05, 3.63) is 0 Å². The molecular weight excluding hydrogens is 322 g/mol. The van der Waals surface area contributed by atoms with Crippen LogP contribution in [0.3, 0.4) is 0 Å². The van der Waals surface area contributed by atoms with E-state index < -0.39 is 16.3 Å². The Morgan fingerprint density at radius 1 is 1.14 bits per heavy atom. The van der Waals surface area contributed by atoms with Crippen molar-refractivity contribution in [3.8, 4) is 0 Å². The van der Waals surface area contributed by atoms with E-state index in [2.05, 4.69) is 6.92 Å². The molecule has 0 aromatic rings. The van der Waals surface area contributed by atoms with E-state index in [1.807, 2.05) is 4.90 Å². The largest absolute Gasteiger partial charge is 0.341 e. The third kappa shape index (κ3) is 3.16. The molecule has 3 fully saturated rings. The van der Waals surface area contributed by atoms with Gasteiger partial charge < -0.3 is 4.90 Å². The number of rotatable bonds is 3. The summed E-state index contributed by atoms with van der Waals surface area (Å²) in [7, 11) is -3.52. The Morgan fingerprint density at radius 3 is 2.55 bits per heavy atom. The molecule has 0 aromatic carbocycles. The molecule has 3 aliphatic heterocycles. The number of hydrogen-bond acceptors (Lipinski definition) is 4. The number of hydrogen-bond donors (Lipinski definition) is 0. The van der Waals surface area contributed by atoms with Crippen LogP contribution >= 0.6 is 11.8 Å². The molecule has 0 N–H and O–H groups in total. The first kappa shape index (κ1) is 16.5. The summed E-state index contributed by atoms with van der Waals surface area (Å²) in [5.41, 5.74) is 0. The summed E-state index contributed by atoms with van der Waals surface area (Å²) in [5.74, 6) is 1.37. The third-order valence-corrected chi connectivity index (χ3v) is 7.92. The van der Waals surface area contributed by atoms with E-state index in [0.717, 1.165) is 38.8 Å². The predicted octanol–water partition coefficient (Wildman–Crippen LogP) is 0.960. The molecule has 3 saturated heterocycles. The molecule has 22 heavy (non-hydrogen) atoms. The highest BCUT2D eigenvalue weighted by Crippen LogP contribution is 2.30. The van der Waals surface area contributed by atoms with Crippen molar-refractivity contribution in [2.45, 2.75) is 38.6 Å². The van der Waals surface area contributed by atoms with Crippen LogP contribution in [0.2, 0.25) is 0 Å². The topological polar surface area (TPSA) is 60.9 Å². The molecule has 3 heterocycles. The summed E-state index contributed by atoms with van der Waals surface area (Å²) in [6.45, 7) is 4.79. The highest BCUT2D eigenvalue weighted by Gasteiger charge is 2.44. The minimum absolute atomic E-state index is 0.00358. The van der Waals surface area contributed by atoms with Gasteiger partial charge in [-0.1, -0.05) is 6.92 Å². The van der Waals surface area contributed by atoms with Gasteiger partial charge in [-0.3, -0.25) is 4.79 Å². The van der Waals surface area contributed by atoms with Crippen molar-refractivity contribution < 1.29 is 13.2 Å². The molecule has 2 atom stereocenters. The molecule has 1 amide bonds. The Balaban J connectivity index is 1.75. The molecular formula is C14H25N3O3S2. The van der Waals surface area contributed by atoms with E-state index >= 15 is 0 Å². The Labute approximate surface area is 137 Å². The quantitative estimate of drug-likeness (QED) is 0.763. The second kappa shape index (κ2) is 6.67. The number of carbonyl (C=O) groups is 1. The zero-order valence-corrected chi connectivity index (χ0v) is 14.7. The molecule has 3 rings (SSSR count). The van der Waals surface area contributed by atoms with Crippen molar-refractivity contribution in [1.29, 1.82) is 0 Å². The Bertz CT molecular complexity index is 519. The maximum Gasteiger partial charge on any atom is 0.283 e. The lowest BCUT2D eigenvalue weighted by atomic mass is 10.0. The molecule has 2 unspecified atom stereocenters. The van der Waals surface area contributed by atoms with Crippen molar-refractivity contribution in [2.24, 2.45) is 5.92 Å². The van der Waals surface area contributed by atoms with Crippen LogP contribution in [0.25, 0.3) is 0 Å². The SMILES string of the molecule is CC1CCCN(S(=O)(=O)N2CSCC2C(=O)N2CCCC2)C1. The maximum atomic E-state index is 12.9. The number of thioether (sulfide) groups is 1. The maximum absolute atomic E-state index is 12.9. The van der Waals surface area contributed by atoms with Crippen LogP contribution in [-0.2, 0) is 15.0 Å². The van der Waals surface area contributed by atoms with E-state index in [4.69, 9.17) is 0 Å². The van der Waals surface area contributed by atoms with E-state index in [9.17, 15) is 13.2 Å². The lowest BCUT2D eigenvalue weighted by Gasteiger charge is -2.35. The van der Waals surface area contributed by atoms with Gasteiger partial charge in [0.15, 0.2) is 0 Å². The summed E-state index contributed by atoms with van der Waals surface area (Å²) in [6.07, 6.45) is 4.05.